The Kier molecular flexibility index (Phi) is 3.61. The maximum absolute atomic E-state index is 12.5. The number of amides is 2. The number of likely N-dealkylation sites (tertiary alicyclic amines) is 1. The molecule has 2 heterocycles. The van der Waals surface area contributed by atoms with Crippen LogP contribution in [-0.4, -0.2) is 55.9 Å². The third-order valence-corrected chi connectivity index (χ3v) is 7.94. The summed E-state index contributed by atoms with van der Waals surface area (Å²) < 4.78 is 28.6. The van der Waals surface area contributed by atoms with E-state index in [0.717, 1.165) is 50.8 Å². The topological polar surface area (TPSA) is 81.8 Å². The smallest absolute Gasteiger partial charge is 0.307 e. The van der Waals surface area contributed by atoms with Gasteiger partial charge in [-0.2, -0.15) is 12.7 Å². The highest BCUT2D eigenvalue weighted by molar-refractivity contribution is 7.87. The monoisotopic (exact) mass is 380 g/mol. The quantitative estimate of drug-likeness (QED) is 0.833. The van der Waals surface area contributed by atoms with E-state index in [9.17, 15) is 13.2 Å². The van der Waals surface area contributed by atoms with Crippen molar-refractivity contribution < 1.29 is 16.1 Å². The zero-order valence-corrected chi connectivity index (χ0v) is 15.7. The number of benzene rings is 1. The van der Waals surface area contributed by atoms with E-state index in [2.05, 4.69) is 21.0 Å². The molecule has 2 aliphatic carbocycles. The average Bonchev–Trinajstić information content (AvgIpc) is 3.19. The first-order valence-electron chi connectivity index (χ1n) is 9.41. The van der Waals surface area contributed by atoms with Crippen molar-refractivity contribution in [2.45, 2.75) is 50.6 Å². The SMILES string of the molecule is CN1C[C@H]2C1CN2S(=O)(=O)NC(=O)Nc1c2c(cc3c1CCC3)CCC2.[HH].[HH]. The number of aryl methyl sites for hydroxylation is 2. The Morgan fingerprint density at radius 2 is 1.73 bits per heavy atom. The van der Waals surface area contributed by atoms with Crippen LogP contribution < -0.4 is 10.0 Å². The molecular formula is C18H28N4O3S. The Bertz CT molecular complexity index is 876. The van der Waals surface area contributed by atoms with Crippen LogP contribution in [0, 0.1) is 0 Å². The number of carbonyl (C=O) groups excluding carboxylic acids is 1. The molecule has 2 fully saturated rings. The number of urea groups is 1. The molecule has 0 radical (unpaired) electrons. The summed E-state index contributed by atoms with van der Waals surface area (Å²) in [6.07, 6.45) is 6.18. The summed E-state index contributed by atoms with van der Waals surface area (Å²) >= 11 is 0. The van der Waals surface area contributed by atoms with Crippen LogP contribution in [-0.2, 0) is 35.9 Å². The molecule has 0 spiro atoms. The lowest BCUT2D eigenvalue weighted by atomic mass is 9.90. The first kappa shape index (κ1) is 16.5. The van der Waals surface area contributed by atoms with Crippen LogP contribution in [0.5, 0.6) is 0 Å². The lowest BCUT2D eigenvalue weighted by molar-refractivity contribution is -0.0620. The van der Waals surface area contributed by atoms with Crippen molar-refractivity contribution in [1.29, 1.82) is 0 Å². The Labute approximate surface area is 156 Å². The molecule has 2 atom stereocenters. The van der Waals surface area contributed by atoms with Crippen molar-refractivity contribution in [2.24, 2.45) is 0 Å². The van der Waals surface area contributed by atoms with Crippen LogP contribution in [0.4, 0.5) is 10.5 Å². The van der Waals surface area contributed by atoms with Crippen molar-refractivity contribution in [2.75, 3.05) is 25.5 Å². The first-order valence-corrected chi connectivity index (χ1v) is 10.9. The van der Waals surface area contributed by atoms with E-state index >= 15 is 0 Å². The van der Waals surface area contributed by atoms with Gasteiger partial charge in [0.05, 0.1) is 6.04 Å². The summed E-state index contributed by atoms with van der Waals surface area (Å²) in [7, 11) is -1.79. The number of rotatable bonds is 3. The predicted octanol–water partition coefficient (Wildman–Crippen LogP) is 1.52. The lowest BCUT2D eigenvalue weighted by Gasteiger charge is -2.59. The molecule has 8 heteroatoms. The molecular weight excluding hydrogens is 352 g/mol. The van der Waals surface area contributed by atoms with Gasteiger partial charge in [-0.05, 0) is 67.8 Å². The molecule has 7 nitrogen and oxygen atoms in total. The van der Waals surface area contributed by atoms with Gasteiger partial charge in [0.2, 0.25) is 0 Å². The van der Waals surface area contributed by atoms with E-state index in [1.54, 1.807) is 0 Å². The summed E-state index contributed by atoms with van der Waals surface area (Å²) in [5.74, 6) is 0. The van der Waals surface area contributed by atoms with E-state index in [4.69, 9.17) is 0 Å². The number of fused-ring (bicyclic) bond motifs is 3. The summed E-state index contributed by atoms with van der Waals surface area (Å²) in [4.78, 5) is 14.6. The molecule has 1 aromatic rings. The molecule has 1 aromatic carbocycles. The average molecular weight is 381 g/mol. The fraction of sp³-hybridized carbons (Fsp3) is 0.611. The molecule has 144 valence electrons. The summed E-state index contributed by atoms with van der Waals surface area (Å²) in [5, 5.41) is 2.89. The number of carbonyl (C=O) groups is 1. The Balaban J connectivity index is 0.00000112. The highest BCUT2D eigenvalue weighted by Gasteiger charge is 2.54. The van der Waals surface area contributed by atoms with Crippen LogP contribution in [0.2, 0.25) is 0 Å². The Hall–Kier alpha value is -1.64. The van der Waals surface area contributed by atoms with Gasteiger partial charge in [-0.15, -0.1) is 0 Å². The van der Waals surface area contributed by atoms with Gasteiger partial charge in [-0.3, -0.25) is 4.90 Å². The molecule has 0 bridgehead atoms. The molecule has 0 aromatic heterocycles. The minimum atomic E-state index is -3.78. The van der Waals surface area contributed by atoms with E-state index < -0.39 is 16.2 Å². The van der Waals surface area contributed by atoms with Gasteiger partial charge in [0.1, 0.15) is 0 Å². The van der Waals surface area contributed by atoms with E-state index in [0.29, 0.717) is 12.6 Å². The number of nitrogens with one attached hydrogen (secondary N) is 2. The minimum absolute atomic E-state index is 0. The number of piperazine rings is 1. The highest BCUT2D eigenvalue weighted by Crippen LogP contribution is 2.38. The van der Waals surface area contributed by atoms with E-state index in [1.165, 1.54) is 26.6 Å². The van der Waals surface area contributed by atoms with Crippen molar-refractivity contribution in [3.63, 3.8) is 0 Å². The van der Waals surface area contributed by atoms with E-state index in [1.807, 2.05) is 7.05 Å². The number of hydrogen-bond donors (Lipinski definition) is 2. The second-order valence-corrected chi connectivity index (χ2v) is 9.56. The van der Waals surface area contributed by atoms with Crippen LogP contribution in [0.1, 0.15) is 37.9 Å². The maximum atomic E-state index is 12.5. The van der Waals surface area contributed by atoms with Gasteiger partial charge in [-0.25, -0.2) is 9.52 Å². The number of likely N-dealkylation sites (N-methyl/N-ethyl adjacent to an activating group) is 1. The fourth-order valence-corrected chi connectivity index (χ4v) is 6.31. The van der Waals surface area contributed by atoms with Gasteiger partial charge < -0.3 is 5.32 Å². The second kappa shape index (κ2) is 5.68. The first-order chi connectivity index (χ1) is 12.4. The molecule has 1 unspecified atom stereocenters. The van der Waals surface area contributed by atoms with Gasteiger partial charge in [0.25, 0.3) is 0 Å². The van der Waals surface area contributed by atoms with Gasteiger partial charge >= 0.3 is 16.2 Å². The number of nitrogens with zero attached hydrogens (tertiary/aromatic N) is 2. The maximum Gasteiger partial charge on any atom is 0.333 e. The molecule has 0 saturated carbocycles. The Morgan fingerprint density at radius 1 is 1.08 bits per heavy atom. The standard InChI is InChI=1S/C18H24N4O3S.2H2/c1-21-9-16-15(21)10-22(16)26(24,25)20-18(23)19-17-13-6-2-4-11(13)8-12-5-3-7-14(12)17;;/h8,15-16H,2-7,9-10H2,1H3,(H2,19,20,23);2*1H/t15?,16-;;/m0../s1. The largest absolute Gasteiger partial charge is 0.333 e. The minimum Gasteiger partial charge on any atom is -0.307 e. The van der Waals surface area contributed by atoms with Crippen molar-refractivity contribution in [3.8, 4) is 0 Å². The predicted molar refractivity (Wildman–Crippen MR) is 103 cm³/mol. The zero-order valence-electron chi connectivity index (χ0n) is 14.9. The lowest BCUT2D eigenvalue weighted by Crippen LogP contribution is -2.79. The second-order valence-electron chi connectivity index (χ2n) is 7.94. The molecule has 5 rings (SSSR count). The van der Waals surface area contributed by atoms with Crippen molar-refractivity contribution in [1.82, 2.24) is 13.9 Å². The molecule has 2 amide bonds. The summed E-state index contributed by atoms with van der Waals surface area (Å²) in [6.45, 7) is 1.19. The third-order valence-electron chi connectivity index (χ3n) is 6.46. The van der Waals surface area contributed by atoms with Gasteiger partial charge in [-0.1, -0.05) is 6.07 Å². The molecule has 2 N–H and O–H groups in total. The van der Waals surface area contributed by atoms with Crippen LogP contribution >= 0.6 is 0 Å². The Morgan fingerprint density at radius 3 is 2.27 bits per heavy atom. The summed E-state index contributed by atoms with van der Waals surface area (Å²) in [5.41, 5.74) is 5.88. The van der Waals surface area contributed by atoms with Crippen molar-refractivity contribution in [3.05, 3.63) is 28.3 Å². The number of anilines is 1. The fourth-order valence-electron chi connectivity index (χ4n) is 4.99. The van der Waals surface area contributed by atoms with Crippen molar-refractivity contribution >= 4 is 21.9 Å². The normalized spacial score (nSPS) is 27.1. The zero-order chi connectivity index (χ0) is 18.1. The van der Waals surface area contributed by atoms with Crippen LogP contribution in [0.25, 0.3) is 0 Å². The molecule has 2 saturated heterocycles. The molecule has 2 aliphatic heterocycles. The van der Waals surface area contributed by atoms with E-state index in [-0.39, 0.29) is 8.90 Å². The van der Waals surface area contributed by atoms with Crippen LogP contribution in [0.15, 0.2) is 6.07 Å². The van der Waals surface area contributed by atoms with Gasteiger partial charge in [0.15, 0.2) is 0 Å². The van der Waals surface area contributed by atoms with Gasteiger partial charge in [0, 0.05) is 27.7 Å². The van der Waals surface area contributed by atoms with Crippen LogP contribution in [0.3, 0.4) is 0 Å². The molecule has 26 heavy (non-hydrogen) atoms. The highest BCUT2D eigenvalue weighted by atomic mass is 32.2. The third kappa shape index (κ3) is 2.39. The summed E-state index contributed by atoms with van der Waals surface area (Å²) in [6, 6.07) is 1.96. The molecule has 4 aliphatic rings. The number of hydrogen-bond acceptors (Lipinski definition) is 4.